The molecule has 0 saturated carbocycles. The number of fused-ring (bicyclic) bond motifs is 2. The van der Waals surface area contributed by atoms with E-state index in [-0.39, 0.29) is 56.7 Å². The third kappa shape index (κ3) is 6.37. The van der Waals surface area contributed by atoms with E-state index in [1.165, 1.54) is 9.91 Å². The van der Waals surface area contributed by atoms with Crippen molar-refractivity contribution in [3.8, 4) is 5.75 Å². The number of hydrogen-bond donors (Lipinski definition) is 2. The number of nitrogens with one attached hydrogen (secondary N) is 1. The van der Waals surface area contributed by atoms with Gasteiger partial charge in [0.2, 0.25) is 11.8 Å². The van der Waals surface area contributed by atoms with Crippen LogP contribution in [-0.4, -0.2) is 79.6 Å². The van der Waals surface area contributed by atoms with Gasteiger partial charge < -0.3 is 20.2 Å². The molecule has 236 valence electrons. The average Bonchev–Trinajstić information content (AvgIpc) is 3.04. The Morgan fingerprint density at radius 3 is 2.54 bits per heavy atom. The van der Waals surface area contributed by atoms with Gasteiger partial charge in [-0.1, -0.05) is 71.7 Å². The van der Waals surface area contributed by atoms with Crippen LogP contribution in [0.4, 0.5) is 4.79 Å². The fourth-order valence-corrected chi connectivity index (χ4v) is 6.43. The van der Waals surface area contributed by atoms with Crippen molar-refractivity contribution in [3.63, 3.8) is 0 Å². The van der Waals surface area contributed by atoms with Gasteiger partial charge >= 0.3 is 6.03 Å². The van der Waals surface area contributed by atoms with E-state index in [0.717, 1.165) is 27.6 Å². The van der Waals surface area contributed by atoms with Crippen LogP contribution in [0.3, 0.4) is 0 Å². The van der Waals surface area contributed by atoms with Gasteiger partial charge in [0.25, 0.3) is 0 Å². The van der Waals surface area contributed by atoms with Crippen LogP contribution in [0.1, 0.15) is 16.7 Å². The third-order valence-corrected chi connectivity index (χ3v) is 8.99. The summed E-state index contributed by atoms with van der Waals surface area (Å²) >= 11 is 12.3. The highest BCUT2D eigenvalue weighted by Gasteiger charge is 2.51. The first-order chi connectivity index (χ1) is 22.2. The number of urea groups is 1. The molecule has 0 aliphatic carbocycles. The SMILES string of the molecule is C=CCN1CC(=O)N2[C@@H](Cc3ccc(O)cc3)C(=O)N(Cc3cccc4cccnc34)C[C@@H]2N1C(=O)NCc1ccc(Cl)c(Cl)c1. The van der Waals surface area contributed by atoms with Crippen molar-refractivity contribution in [3.05, 3.63) is 118 Å². The third-order valence-electron chi connectivity index (χ3n) is 8.25. The highest BCUT2D eigenvalue weighted by atomic mass is 35.5. The van der Waals surface area contributed by atoms with Gasteiger partial charge in [0.05, 0.1) is 28.7 Å². The molecule has 4 amide bonds. The van der Waals surface area contributed by atoms with E-state index < -0.39 is 18.2 Å². The van der Waals surface area contributed by atoms with Gasteiger partial charge in [0.1, 0.15) is 18.0 Å². The molecule has 0 bridgehead atoms. The van der Waals surface area contributed by atoms with E-state index in [1.54, 1.807) is 64.6 Å². The number of para-hydroxylation sites is 1. The molecule has 3 aromatic carbocycles. The van der Waals surface area contributed by atoms with Gasteiger partial charge in [0.15, 0.2) is 0 Å². The number of carbonyl (C=O) groups is 3. The average molecular weight is 660 g/mol. The predicted octanol–water partition coefficient (Wildman–Crippen LogP) is 4.98. The minimum absolute atomic E-state index is 0.0771. The molecule has 1 aromatic heterocycles. The Hall–Kier alpha value is -4.64. The van der Waals surface area contributed by atoms with Crippen LogP contribution < -0.4 is 5.32 Å². The normalized spacial score (nSPS) is 18.5. The summed E-state index contributed by atoms with van der Waals surface area (Å²) in [6, 6.07) is 20.0. The summed E-state index contributed by atoms with van der Waals surface area (Å²) in [7, 11) is 0. The van der Waals surface area contributed by atoms with E-state index in [1.807, 2.05) is 30.3 Å². The maximum atomic E-state index is 14.3. The Labute approximate surface area is 276 Å². The lowest BCUT2D eigenvalue weighted by atomic mass is 9.98. The van der Waals surface area contributed by atoms with Crippen molar-refractivity contribution in [2.45, 2.75) is 31.7 Å². The van der Waals surface area contributed by atoms with Crippen molar-refractivity contribution >= 4 is 52.0 Å². The van der Waals surface area contributed by atoms with E-state index in [2.05, 4.69) is 16.9 Å². The quantitative estimate of drug-likeness (QED) is 0.259. The summed E-state index contributed by atoms with van der Waals surface area (Å²) in [5, 5.41) is 17.7. The molecule has 3 heterocycles. The van der Waals surface area contributed by atoms with Crippen LogP contribution in [0.25, 0.3) is 10.9 Å². The van der Waals surface area contributed by atoms with Crippen molar-refractivity contribution < 1.29 is 19.5 Å². The molecule has 10 nitrogen and oxygen atoms in total. The van der Waals surface area contributed by atoms with Crippen LogP contribution in [0.2, 0.25) is 10.0 Å². The topological polar surface area (TPSA) is 109 Å². The number of aromatic nitrogens is 1. The van der Waals surface area contributed by atoms with Crippen LogP contribution in [0.5, 0.6) is 5.75 Å². The second-order valence-corrected chi connectivity index (χ2v) is 12.1. The van der Waals surface area contributed by atoms with Crippen molar-refractivity contribution in [1.82, 2.24) is 30.1 Å². The highest BCUT2D eigenvalue weighted by molar-refractivity contribution is 6.42. The zero-order valence-corrected chi connectivity index (χ0v) is 26.4. The van der Waals surface area contributed by atoms with Gasteiger partial charge in [0, 0.05) is 37.6 Å². The molecule has 2 saturated heterocycles. The van der Waals surface area contributed by atoms with Crippen molar-refractivity contribution in [2.75, 3.05) is 19.6 Å². The summed E-state index contributed by atoms with van der Waals surface area (Å²) in [5.74, 6) is -0.413. The van der Waals surface area contributed by atoms with Gasteiger partial charge in [-0.15, -0.1) is 6.58 Å². The summed E-state index contributed by atoms with van der Waals surface area (Å²) in [4.78, 5) is 49.9. The molecule has 0 radical (unpaired) electrons. The number of hydrogen-bond acceptors (Lipinski definition) is 6. The Morgan fingerprint density at radius 2 is 1.78 bits per heavy atom. The Balaban J connectivity index is 1.36. The molecule has 2 aliphatic rings. The number of hydrazine groups is 1. The predicted molar refractivity (Wildman–Crippen MR) is 176 cm³/mol. The molecule has 46 heavy (non-hydrogen) atoms. The second kappa shape index (κ2) is 13.4. The molecular weight excluding hydrogens is 627 g/mol. The zero-order valence-electron chi connectivity index (χ0n) is 24.9. The Morgan fingerprint density at radius 1 is 1.02 bits per heavy atom. The number of benzene rings is 3. The zero-order chi connectivity index (χ0) is 32.4. The van der Waals surface area contributed by atoms with Crippen LogP contribution >= 0.6 is 23.2 Å². The summed E-state index contributed by atoms with van der Waals surface area (Å²) in [5.41, 5.74) is 3.14. The maximum absolute atomic E-state index is 14.3. The lowest BCUT2D eigenvalue weighted by Crippen LogP contribution is -2.76. The molecule has 2 fully saturated rings. The number of amides is 4. The first-order valence-corrected chi connectivity index (χ1v) is 15.6. The molecule has 12 heteroatoms. The number of phenols is 1. The summed E-state index contributed by atoms with van der Waals surface area (Å²) in [6.07, 6.45) is 2.74. The van der Waals surface area contributed by atoms with Gasteiger partial charge in [-0.05, 0) is 47.0 Å². The van der Waals surface area contributed by atoms with Crippen LogP contribution in [0.15, 0.2) is 91.6 Å². The smallest absolute Gasteiger partial charge is 0.334 e. The van der Waals surface area contributed by atoms with Gasteiger partial charge in [-0.25, -0.2) is 14.8 Å². The molecule has 0 unspecified atom stereocenters. The van der Waals surface area contributed by atoms with Crippen LogP contribution in [-0.2, 0) is 29.1 Å². The maximum Gasteiger partial charge on any atom is 0.334 e. The van der Waals surface area contributed by atoms with E-state index in [0.29, 0.717) is 10.0 Å². The largest absolute Gasteiger partial charge is 0.508 e. The first-order valence-electron chi connectivity index (χ1n) is 14.8. The molecule has 4 aromatic rings. The number of halogens is 2. The van der Waals surface area contributed by atoms with Crippen molar-refractivity contribution in [1.29, 1.82) is 0 Å². The Kier molecular flexibility index (Phi) is 9.12. The van der Waals surface area contributed by atoms with Crippen molar-refractivity contribution in [2.24, 2.45) is 0 Å². The van der Waals surface area contributed by atoms with Gasteiger partial charge in [-0.2, -0.15) is 0 Å². The minimum Gasteiger partial charge on any atom is -0.508 e. The number of pyridine rings is 1. The standard InChI is InChI=1S/C34H32Cl2N6O4/c1-2-15-40-21-31(44)41-29(17-22-8-11-26(43)12-9-22)33(45)39(19-25-6-3-5-24-7-4-14-37-32(24)25)20-30(41)42(40)34(46)38-18-23-10-13-27(35)28(36)16-23/h2-14,16,29-30,43H,1,15,17-21H2,(H,38,46)/t29-,30-/m0/s1. The molecule has 6 rings (SSSR count). The van der Waals surface area contributed by atoms with E-state index in [4.69, 9.17) is 23.2 Å². The number of nitrogens with zero attached hydrogens (tertiary/aromatic N) is 5. The molecule has 2 atom stereocenters. The summed E-state index contributed by atoms with van der Waals surface area (Å²) in [6.45, 7) is 4.43. The minimum atomic E-state index is -0.894. The number of aromatic hydroxyl groups is 1. The second-order valence-electron chi connectivity index (χ2n) is 11.3. The molecule has 0 spiro atoms. The molecule has 2 aliphatic heterocycles. The van der Waals surface area contributed by atoms with E-state index in [9.17, 15) is 19.5 Å². The van der Waals surface area contributed by atoms with Crippen LogP contribution in [0, 0.1) is 0 Å². The number of phenolic OH excluding ortho intramolecular Hbond substituents is 1. The number of piperazine rings is 1. The Bertz CT molecular complexity index is 1800. The monoisotopic (exact) mass is 658 g/mol. The summed E-state index contributed by atoms with van der Waals surface area (Å²) < 4.78 is 0. The highest BCUT2D eigenvalue weighted by Crippen LogP contribution is 2.31. The lowest BCUT2D eigenvalue weighted by molar-refractivity contribution is -0.189. The fourth-order valence-electron chi connectivity index (χ4n) is 6.11. The molecule has 2 N–H and O–H groups in total. The van der Waals surface area contributed by atoms with Gasteiger partial charge in [-0.3, -0.25) is 14.6 Å². The number of rotatable bonds is 8. The first kappa shape index (κ1) is 31.3. The van der Waals surface area contributed by atoms with E-state index >= 15 is 0 Å². The fraction of sp³-hybridized carbons (Fsp3) is 0.235. The lowest BCUT2D eigenvalue weighted by Gasteiger charge is -2.55. The number of carbonyl (C=O) groups excluding carboxylic acids is 3. The molecular formula is C34H32Cl2N6O4.